The Kier molecular flexibility index (Phi) is 2.95. The monoisotopic (exact) mass is 227 g/mol. The van der Waals surface area contributed by atoms with Gasteiger partial charge in [-0.15, -0.1) is 11.6 Å². The number of aromatic nitrogens is 2. The minimum Gasteiger partial charge on any atom is -0.310 e. The van der Waals surface area contributed by atoms with Crippen LogP contribution in [0.25, 0.3) is 0 Å². The average molecular weight is 228 g/mol. The Morgan fingerprint density at radius 3 is 3.07 bits per heavy atom. The molecule has 0 aromatic carbocycles. The number of alkyl halides is 1. The Balaban J connectivity index is 2.09. The fourth-order valence-corrected chi connectivity index (χ4v) is 1.57. The Morgan fingerprint density at radius 1 is 1.73 bits per heavy atom. The molecule has 0 unspecified atom stereocenters. The lowest BCUT2D eigenvalue weighted by Gasteiger charge is -2.06. The van der Waals surface area contributed by atoms with Gasteiger partial charge in [0.1, 0.15) is 11.7 Å². The van der Waals surface area contributed by atoms with E-state index in [1.807, 2.05) is 17.7 Å². The minimum absolute atomic E-state index is 0.0202. The number of nitrogens with zero attached hydrogens (tertiary/aromatic N) is 2. The van der Waals surface area contributed by atoms with Crippen LogP contribution in [0.2, 0.25) is 0 Å². The molecule has 15 heavy (non-hydrogen) atoms. The summed E-state index contributed by atoms with van der Waals surface area (Å²) in [6, 6.07) is 1.87. The summed E-state index contributed by atoms with van der Waals surface area (Å²) in [4.78, 5) is 11.2. The first-order valence-electron chi connectivity index (χ1n) is 5.09. The standard InChI is InChI=1S/C10H14ClN3O/c1-7-4-9(12-10(15)5-11)14(13-7)6-8-2-3-8/h4,8H,2-3,5-6H2,1H3,(H,12,15). The van der Waals surface area contributed by atoms with Gasteiger partial charge in [0.15, 0.2) is 0 Å². The zero-order chi connectivity index (χ0) is 10.8. The summed E-state index contributed by atoms with van der Waals surface area (Å²) in [5.41, 5.74) is 0.917. The van der Waals surface area contributed by atoms with E-state index in [2.05, 4.69) is 10.4 Å². The van der Waals surface area contributed by atoms with Gasteiger partial charge < -0.3 is 5.32 Å². The lowest BCUT2D eigenvalue weighted by Crippen LogP contribution is -2.16. The van der Waals surface area contributed by atoms with Crippen molar-refractivity contribution in [2.45, 2.75) is 26.3 Å². The summed E-state index contributed by atoms with van der Waals surface area (Å²) in [6.07, 6.45) is 2.53. The summed E-state index contributed by atoms with van der Waals surface area (Å²) >= 11 is 5.44. The topological polar surface area (TPSA) is 46.9 Å². The number of amides is 1. The Morgan fingerprint density at radius 2 is 2.47 bits per heavy atom. The minimum atomic E-state index is -0.186. The molecule has 4 nitrogen and oxygen atoms in total. The summed E-state index contributed by atoms with van der Waals surface area (Å²) in [5, 5.41) is 7.08. The molecule has 0 saturated heterocycles. The van der Waals surface area contributed by atoms with Crippen molar-refractivity contribution in [1.82, 2.24) is 9.78 Å². The van der Waals surface area contributed by atoms with Crippen LogP contribution in [0.3, 0.4) is 0 Å². The maximum atomic E-state index is 11.2. The summed E-state index contributed by atoms with van der Waals surface area (Å²) in [5.74, 6) is 1.28. The number of rotatable bonds is 4. The summed E-state index contributed by atoms with van der Waals surface area (Å²) in [7, 11) is 0. The van der Waals surface area contributed by atoms with Gasteiger partial charge in [0.25, 0.3) is 0 Å². The van der Waals surface area contributed by atoms with Gasteiger partial charge in [-0.25, -0.2) is 4.68 Å². The number of nitrogens with one attached hydrogen (secondary N) is 1. The van der Waals surface area contributed by atoms with Gasteiger partial charge in [0.05, 0.1) is 5.69 Å². The van der Waals surface area contributed by atoms with E-state index < -0.39 is 0 Å². The molecule has 0 aliphatic heterocycles. The van der Waals surface area contributed by atoms with Crippen LogP contribution in [-0.2, 0) is 11.3 Å². The fraction of sp³-hybridized carbons (Fsp3) is 0.600. The zero-order valence-electron chi connectivity index (χ0n) is 8.66. The van der Waals surface area contributed by atoms with Crippen molar-refractivity contribution in [2.24, 2.45) is 5.92 Å². The Hall–Kier alpha value is -1.03. The van der Waals surface area contributed by atoms with Crippen molar-refractivity contribution < 1.29 is 4.79 Å². The van der Waals surface area contributed by atoms with Crippen LogP contribution in [0.15, 0.2) is 6.07 Å². The van der Waals surface area contributed by atoms with Crippen LogP contribution in [0, 0.1) is 12.8 Å². The highest BCUT2D eigenvalue weighted by atomic mass is 35.5. The van der Waals surface area contributed by atoms with E-state index >= 15 is 0 Å². The van der Waals surface area contributed by atoms with Gasteiger partial charge in [-0.05, 0) is 25.7 Å². The zero-order valence-corrected chi connectivity index (χ0v) is 9.42. The van der Waals surface area contributed by atoms with Gasteiger partial charge in [-0.3, -0.25) is 4.79 Å². The molecule has 1 heterocycles. The molecule has 1 amide bonds. The van der Waals surface area contributed by atoms with E-state index in [0.717, 1.165) is 24.0 Å². The second-order valence-corrected chi connectivity index (χ2v) is 4.25. The van der Waals surface area contributed by atoms with Crippen molar-refractivity contribution >= 4 is 23.3 Å². The quantitative estimate of drug-likeness (QED) is 0.798. The van der Waals surface area contributed by atoms with E-state index in [9.17, 15) is 4.79 Å². The van der Waals surface area contributed by atoms with E-state index in [1.54, 1.807) is 0 Å². The smallest absolute Gasteiger partial charge is 0.240 e. The van der Waals surface area contributed by atoms with Crippen LogP contribution >= 0.6 is 11.6 Å². The molecule has 0 atom stereocenters. The third-order valence-electron chi connectivity index (χ3n) is 2.42. The highest BCUT2D eigenvalue weighted by molar-refractivity contribution is 6.29. The van der Waals surface area contributed by atoms with E-state index in [0.29, 0.717) is 0 Å². The van der Waals surface area contributed by atoms with Gasteiger partial charge in [-0.1, -0.05) is 0 Å². The maximum absolute atomic E-state index is 11.2. The van der Waals surface area contributed by atoms with Crippen molar-refractivity contribution in [3.05, 3.63) is 11.8 Å². The summed E-state index contributed by atoms with van der Waals surface area (Å²) < 4.78 is 1.86. The molecule has 1 fully saturated rings. The molecule has 0 radical (unpaired) electrons. The highest BCUT2D eigenvalue weighted by Crippen LogP contribution is 2.31. The molecule has 1 aromatic heterocycles. The second-order valence-electron chi connectivity index (χ2n) is 3.98. The van der Waals surface area contributed by atoms with Gasteiger partial charge in [0.2, 0.25) is 5.91 Å². The van der Waals surface area contributed by atoms with Crippen molar-refractivity contribution in [3.63, 3.8) is 0 Å². The normalized spacial score (nSPS) is 15.3. The third kappa shape index (κ3) is 2.72. The Labute approximate surface area is 93.6 Å². The van der Waals surface area contributed by atoms with Crippen LogP contribution in [-0.4, -0.2) is 21.6 Å². The molecule has 5 heteroatoms. The maximum Gasteiger partial charge on any atom is 0.240 e. The molecule has 1 N–H and O–H groups in total. The number of hydrogen-bond donors (Lipinski definition) is 1. The first-order chi connectivity index (χ1) is 7.19. The molecule has 0 spiro atoms. The molecular weight excluding hydrogens is 214 g/mol. The molecule has 1 aliphatic carbocycles. The second kappa shape index (κ2) is 4.23. The van der Waals surface area contributed by atoms with Crippen LogP contribution in [0.1, 0.15) is 18.5 Å². The van der Waals surface area contributed by atoms with Crippen LogP contribution in [0.4, 0.5) is 5.82 Å². The molecule has 82 valence electrons. The molecule has 1 saturated carbocycles. The van der Waals surface area contributed by atoms with E-state index in [-0.39, 0.29) is 11.8 Å². The van der Waals surface area contributed by atoms with Crippen LogP contribution in [0.5, 0.6) is 0 Å². The predicted octanol–water partition coefficient (Wildman–Crippen LogP) is 1.78. The van der Waals surface area contributed by atoms with Gasteiger partial charge in [-0.2, -0.15) is 5.10 Å². The van der Waals surface area contributed by atoms with Crippen molar-refractivity contribution in [1.29, 1.82) is 0 Å². The SMILES string of the molecule is Cc1cc(NC(=O)CCl)n(CC2CC2)n1. The number of hydrogen-bond acceptors (Lipinski definition) is 2. The molecule has 2 rings (SSSR count). The van der Waals surface area contributed by atoms with Crippen LogP contribution < -0.4 is 5.32 Å². The van der Waals surface area contributed by atoms with E-state index in [1.165, 1.54) is 12.8 Å². The molecular formula is C10H14ClN3O. The number of carbonyl (C=O) groups is 1. The molecule has 0 bridgehead atoms. The van der Waals surface area contributed by atoms with Gasteiger partial charge >= 0.3 is 0 Å². The average Bonchev–Trinajstić information content (AvgIpc) is 2.93. The number of halogens is 1. The number of aryl methyl sites for hydroxylation is 1. The first kappa shape index (κ1) is 10.5. The highest BCUT2D eigenvalue weighted by Gasteiger charge is 2.23. The molecule has 1 aromatic rings. The Bertz CT molecular complexity index is 371. The largest absolute Gasteiger partial charge is 0.310 e. The molecule has 1 aliphatic rings. The van der Waals surface area contributed by atoms with Crippen molar-refractivity contribution in [2.75, 3.05) is 11.2 Å². The first-order valence-corrected chi connectivity index (χ1v) is 5.62. The summed E-state index contributed by atoms with van der Waals surface area (Å²) in [6.45, 7) is 2.81. The number of carbonyl (C=O) groups excluding carboxylic acids is 1. The van der Waals surface area contributed by atoms with Crippen molar-refractivity contribution in [3.8, 4) is 0 Å². The van der Waals surface area contributed by atoms with E-state index in [4.69, 9.17) is 11.6 Å². The number of anilines is 1. The fourth-order valence-electron chi connectivity index (χ4n) is 1.51. The lowest BCUT2D eigenvalue weighted by molar-refractivity contribution is -0.114. The van der Waals surface area contributed by atoms with Gasteiger partial charge in [0, 0.05) is 12.6 Å². The predicted molar refractivity (Wildman–Crippen MR) is 59.0 cm³/mol. The lowest BCUT2D eigenvalue weighted by atomic mass is 10.4. The third-order valence-corrected chi connectivity index (χ3v) is 2.66.